The Morgan fingerprint density at radius 3 is 2.62 bits per heavy atom. The summed E-state index contributed by atoms with van der Waals surface area (Å²) in [6, 6.07) is 9.57. The largest absolute Gasteiger partial charge is 0.497 e. The summed E-state index contributed by atoms with van der Waals surface area (Å²) < 4.78 is 18.5. The third kappa shape index (κ3) is 3.08. The Bertz CT molecular complexity index is 801. The highest BCUT2D eigenvalue weighted by atomic mass is 16.7. The number of hydrogen-bond donors (Lipinski definition) is 0. The first-order chi connectivity index (χ1) is 12.6. The van der Waals surface area contributed by atoms with Gasteiger partial charge < -0.3 is 19.1 Å². The molecule has 1 aromatic heterocycles. The number of hydrogen-bond acceptors (Lipinski definition) is 5. The van der Waals surface area contributed by atoms with Crippen LogP contribution in [-0.4, -0.2) is 59.8 Å². The molecule has 2 aliphatic heterocycles. The number of nitrogens with zero attached hydrogens (tertiary/aromatic N) is 3. The second kappa shape index (κ2) is 6.74. The van der Waals surface area contributed by atoms with Crippen LogP contribution in [0, 0.1) is 0 Å². The Labute approximate surface area is 152 Å². The van der Waals surface area contributed by atoms with Crippen LogP contribution in [0.2, 0.25) is 0 Å². The van der Waals surface area contributed by atoms with E-state index in [1.807, 2.05) is 42.3 Å². The number of likely N-dealkylation sites (tertiary alicyclic amines) is 1. The minimum Gasteiger partial charge on any atom is -0.497 e. The van der Waals surface area contributed by atoms with Crippen molar-refractivity contribution in [1.82, 2.24) is 14.7 Å². The van der Waals surface area contributed by atoms with Gasteiger partial charge in [0, 0.05) is 38.5 Å². The summed E-state index contributed by atoms with van der Waals surface area (Å²) in [5.41, 5.74) is 2.29. The van der Waals surface area contributed by atoms with Gasteiger partial charge >= 0.3 is 0 Å². The smallest absolute Gasteiger partial charge is 0.274 e. The zero-order chi connectivity index (χ0) is 18.1. The van der Waals surface area contributed by atoms with Crippen LogP contribution in [0.5, 0.6) is 5.75 Å². The Morgan fingerprint density at radius 2 is 1.92 bits per heavy atom. The Morgan fingerprint density at radius 1 is 1.19 bits per heavy atom. The number of methoxy groups -OCH3 is 1. The molecule has 7 heteroatoms. The summed E-state index contributed by atoms with van der Waals surface area (Å²) in [7, 11) is 3.48. The average molecular weight is 357 g/mol. The topological polar surface area (TPSA) is 65.8 Å². The fraction of sp³-hybridized carbons (Fsp3) is 0.474. The number of piperidine rings is 1. The third-order valence-electron chi connectivity index (χ3n) is 5.09. The molecule has 4 rings (SSSR count). The van der Waals surface area contributed by atoms with Gasteiger partial charge in [-0.15, -0.1) is 0 Å². The van der Waals surface area contributed by atoms with Crippen LogP contribution in [-0.2, 0) is 16.5 Å². The summed E-state index contributed by atoms with van der Waals surface area (Å²) in [4.78, 5) is 14.7. The predicted octanol–water partition coefficient (Wildman–Crippen LogP) is 2.07. The van der Waals surface area contributed by atoms with Crippen molar-refractivity contribution in [1.29, 1.82) is 0 Å². The van der Waals surface area contributed by atoms with E-state index in [4.69, 9.17) is 14.2 Å². The van der Waals surface area contributed by atoms with Crippen molar-refractivity contribution in [2.45, 2.75) is 18.6 Å². The highest BCUT2D eigenvalue weighted by Crippen LogP contribution is 2.32. The Hall–Kier alpha value is -2.38. The van der Waals surface area contributed by atoms with Crippen LogP contribution in [0.4, 0.5) is 0 Å². The first-order valence-electron chi connectivity index (χ1n) is 8.86. The molecule has 26 heavy (non-hydrogen) atoms. The third-order valence-corrected chi connectivity index (χ3v) is 5.09. The predicted molar refractivity (Wildman–Crippen MR) is 95.0 cm³/mol. The normalized spacial score (nSPS) is 19.1. The lowest BCUT2D eigenvalue weighted by Crippen LogP contribution is -2.47. The minimum atomic E-state index is -0.480. The lowest BCUT2D eigenvalue weighted by atomic mass is 10.0. The molecule has 2 aromatic rings. The van der Waals surface area contributed by atoms with Crippen LogP contribution in [0.1, 0.15) is 23.3 Å². The summed E-state index contributed by atoms with van der Waals surface area (Å²) in [6.07, 6.45) is 1.41. The molecule has 0 radical (unpaired) electrons. The maximum Gasteiger partial charge on any atom is 0.274 e. The van der Waals surface area contributed by atoms with E-state index in [9.17, 15) is 4.79 Å². The van der Waals surface area contributed by atoms with Gasteiger partial charge in [0.25, 0.3) is 5.91 Å². The second-order valence-corrected chi connectivity index (χ2v) is 6.67. The van der Waals surface area contributed by atoms with Gasteiger partial charge in [-0.25, -0.2) is 0 Å². The molecule has 2 saturated heterocycles. The molecule has 0 bridgehead atoms. The van der Waals surface area contributed by atoms with Crippen LogP contribution >= 0.6 is 0 Å². The van der Waals surface area contributed by atoms with Crippen molar-refractivity contribution < 1.29 is 19.0 Å². The van der Waals surface area contributed by atoms with Crippen molar-refractivity contribution in [3.05, 3.63) is 36.0 Å². The molecular weight excluding hydrogens is 334 g/mol. The number of amides is 1. The Balaban J connectivity index is 1.51. The minimum absolute atomic E-state index is 0.0532. The van der Waals surface area contributed by atoms with Gasteiger partial charge in [-0.3, -0.25) is 9.48 Å². The number of rotatable bonds is 3. The average Bonchev–Trinajstić information content (AvgIpc) is 3.29. The summed E-state index contributed by atoms with van der Waals surface area (Å²) in [5, 5.41) is 4.43. The van der Waals surface area contributed by atoms with Crippen molar-refractivity contribution >= 4 is 5.91 Å². The van der Waals surface area contributed by atoms with Crippen molar-refractivity contribution in [2.24, 2.45) is 7.05 Å². The van der Waals surface area contributed by atoms with Crippen LogP contribution in [0.15, 0.2) is 30.3 Å². The molecule has 1 amide bonds. The van der Waals surface area contributed by atoms with E-state index in [1.54, 1.807) is 11.8 Å². The van der Waals surface area contributed by atoms with E-state index >= 15 is 0 Å². The molecular formula is C19H23N3O4. The molecule has 0 atom stereocenters. The zero-order valence-electron chi connectivity index (χ0n) is 15.1. The molecule has 138 valence electrons. The van der Waals surface area contributed by atoms with Crippen molar-refractivity contribution in [2.75, 3.05) is 33.4 Å². The molecule has 0 N–H and O–H groups in total. The first kappa shape index (κ1) is 17.1. The van der Waals surface area contributed by atoms with Gasteiger partial charge in [-0.05, 0) is 18.2 Å². The number of ether oxygens (including phenoxy) is 3. The molecule has 3 heterocycles. The molecule has 0 unspecified atom stereocenters. The lowest BCUT2D eigenvalue weighted by molar-refractivity contribution is -0.181. The molecule has 0 aliphatic carbocycles. The first-order valence-corrected chi connectivity index (χ1v) is 8.86. The highest BCUT2D eigenvalue weighted by Gasteiger charge is 2.41. The lowest BCUT2D eigenvalue weighted by Gasteiger charge is -2.37. The SMILES string of the molecule is COc1cccc(-c2cc(C(=O)N3CCC4(CC3)OCCO4)nn2C)c1. The van der Waals surface area contributed by atoms with Gasteiger partial charge in [-0.2, -0.15) is 5.10 Å². The molecule has 2 aliphatic rings. The van der Waals surface area contributed by atoms with E-state index in [0.717, 1.165) is 17.0 Å². The van der Waals surface area contributed by atoms with Gasteiger partial charge in [0.2, 0.25) is 0 Å². The quantitative estimate of drug-likeness (QED) is 0.841. The van der Waals surface area contributed by atoms with Gasteiger partial charge in [0.15, 0.2) is 11.5 Å². The molecule has 0 saturated carbocycles. The van der Waals surface area contributed by atoms with Gasteiger partial charge in [0.05, 0.1) is 26.0 Å². The number of aryl methyl sites for hydroxylation is 1. The number of carbonyl (C=O) groups is 1. The summed E-state index contributed by atoms with van der Waals surface area (Å²) in [5.74, 6) is 0.240. The molecule has 1 aromatic carbocycles. The zero-order valence-corrected chi connectivity index (χ0v) is 15.1. The van der Waals surface area contributed by atoms with Crippen LogP contribution < -0.4 is 4.74 Å². The van der Waals surface area contributed by atoms with Crippen LogP contribution in [0.25, 0.3) is 11.3 Å². The number of carbonyl (C=O) groups excluding carboxylic acids is 1. The maximum atomic E-state index is 12.9. The van der Waals surface area contributed by atoms with Crippen molar-refractivity contribution in [3.8, 4) is 17.0 Å². The monoisotopic (exact) mass is 357 g/mol. The Kier molecular flexibility index (Phi) is 4.42. The van der Waals surface area contributed by atoms with Crippen LogP contribution in [0.3, 0.4) is 0 Å². The highest BCUT2D eigenvalue weighted by molar-refractivity contribution is 5.93. The van der Waals surface area contributed by atoms with E-state index in [2.05, 4.69) is 5.10 Å². The van der Waals surface area contributed by atoms with Gasteiger partial charge in [-0.1, -0.05) is 12.1 Å². The van der Waals surface area contributed by atoms with Gasteiger partial charge in [0.1, 0.15) is 5.75 Å². The van der Waals surface area contributed by atoms with E-state index in [1.165, 1.54) is 0 Å². The fourth-order valence-electron chi connectivity index (χ4n) is 3.62. The maximum absolute atomic E-state index is 12.9. The standard InChI is InChI=1S/C19H23N3O4/c1-21-17(14-4-3-5-15(12-14)24-2)13-16(20-21)18(23)22-8-6-19(7-9-22)25-10-11-26-19/h3-5,12-13H,6-11H2,1-2H3. The fourth-order valence-corrected chi connectivity index (χ4v) is 3.62. The molecule has 2 fully saturated rings. The second-order valence-electron chi connectivity index (χ2n) is 6.67. The van der Waals surface area contributed by atoms with Crippen molar-refractivity contribution in [3.63, 3.8) is 0 Å². The molecule has 7 nitrogen and oxygen atoms in total. The van der Waals surface area contributed by atoms with E-state index in [0.29, 0.717) is 44.8 Å². The number of benzene rings is 1. The van der Waals surface area contributed by atoms with E-state index < -0.39 is 5.79 Å². The summed E-state index contributed by atoms with van der Waals surface area (Å²) in [6.45, 7) is 2.50. The summed E-state index contributed by atoms with van der Waals surface area (Å²) >= 11 is 0. The number of aromatic nitrogens is 2. The van der Waals surface area contributed by atoms with E-state index in [-0.39, 0.29) is 5.91 Å². The molecule has 1 spiro atoms.